The van der Waals surface area contributed by atoms with Crippen molar-refractivity contribution in [3.63, 3.8) is 0 Å². The SMILES string of the molecule is COc1cccc(N2CCN(CC[C@@H]3CC(C)(C)C(=O)O3)CC2)c1.O=C(O)C(F)(F)F. The summed E-state index contributed by atoms with van der Waals surface area (Å²) in [5, 5.41) is 7.12. The maximum Gasteiger partial charge on any atom is 0.490 e. The van der Waals surface area contributed by atoms with E-state index in [-0.39, 0.29) is 17.5 Å². The van der Waals surface area contributed by atoms with Crippen LogP contribution < -0.4 is 9.64 Å². The van der Waals surface area contributed by atoms with E-state index in [0.717, 1.165) is 51.3 Å². The number of cyclic esters (lactones) is 1. The minimum Gasteiger partial charge on any atom is -0.497 e. The van der Waals surface area contributed by atoms with E-state index >= 15 is 0 Å². The first-order chi connectivity index (χ1) is 14.4. The molecule has 0 amide bonds. The predicted octanol–water partition coefficient (Wildman–Crippen LogP) is 3.18. The second kappa shape index (κ2) is 10.2. The van der Waals surface area contributed by atoms with E-state index in [4.69, 9.17) is 19.4 Å². The van der Waals surface area contributed by atoms with Crippen LogP contribution in [0.1, 0.15) is 26.7 Å². The molecule has 2 aliphatic rings. The number of piperazine rings is 1. The predicted molar refractivity (Wildman–Crippen MR) is 108 cm³/mol. The molecule has 10 heteroatoms. The molecule has 0 radical (unpaired) electrons. The molecule has 0 aromatic heterocycles. The van der Waals surface area contributed by atoms with E-state index < -0.39 is 12.1 Å². The summed E-state index contributed by atoms with van der Waals surface area (Å²) in [7, 11) is 1.70. The fraction of sp³-hybridized carbons (Fsp3) is 0.619. The number of ether oxygens (including phenoxy) is 2. The van der Waals surface area contributed by atoms with Crippen LogP contribution in [-0.4, -0.2) is 74.1 Å². The van der Waals surface area contributed by atoms with E-state index in [0.29, 0.717) is 0 Å². The molecule has 0 bridgehead atoms. The molecule has 1 aromatic rings. The summed E-state index contributed by atoms with van der Waals surface area (Å²) >= 11 is 0. The number of alkyl halides is 3. The van der Waals surface area contributed by atoms with Crippen LogP contribution in [0, 0.1) is 5.41 Å². The number of carboxylic acids is 1. The quantitative estimate of drug-likeness (QED) is 0.696. The second-order valence-electron chi connectivity index (χ2n) is 8.24. The summed E-state index contributed by atoms with van der Waals surface area (Å²) in [5.41, 5.74) is 0.913. The highest BCUT2D eigenvalue weighted by molar-refractivity contribution is 5.78. The molecule has 174 valence electrons. The minimum atomic E-state index is -5.08. The fourth-order valence-corrected chi connectivity index (χ4v) is 3.53. The van der Waals surface area contributed by atoms with Crippen molar-refractivity contribution in [1.82, 2.24) is 4.90 Å². The van der Waals surface area contributed by atoms with Crippen molar-refractivity contribution >= 4 is 17.6 Å². The first kappa shape index (κ1) is 24.8. The van der Waals surface area contributed by atoms with E-state index in [1.54, 1.807) is 7.11 Å². The number of benzene rings is 1. The molecule has 31 heavy (non-hydrogen) atoms. The molecule has 0 aliphatic carbocycles. The molecule has 1 atom stereocenters. The first-order valence-corrected chi connectivity index (χ1v) is 10.0. The third kappa shape index (κ3) is 7.30. The van der Waals surface area contributed by atoms with Crippen LogP contribution in [0.4, 0.5) is 18.9 Å². The Morgan fingerprint density at radius 2 is 1.87 bits per heavy atom. The number of methoxy groups -OCH3 is 1. The van der Waals surface area contributed by atoms with Gasteiger partial charge in [0.2, 0.25) is 0 Å². The Bertz CT molecular complexity index is 762. The second-order valence-corrected chi connectivity index (χ2v) is 8.24. The van der Waals surface area contributed by atoms with Crippen molar-refractivity contribution in [2.75, 3.05) is 44.7 Å². The topological polar surface area (TPSA) is 79.3 Å². The Kier molecular flexibility index (Phi) is 8.16. The summed E-state index contributed by atoms with van der Waals surface area (Å²) in [6.07, 6.45) is -3.21. The lowest BCUT2D eigenvalue weighted by Crippen LogP contribution is -2.47. The van der Waals surface area contributed by atoms with Gasteiger partial charge in [0.25, 0.3) is 0 Å². The van der Waals surface area contributed by atoms with E-state index in [1.807, 2.05) is 26.0 Å². The zero-order valence-electron chi connectivity index (χ0n) is 17.9. The molecule has 7 nitrogen and oxygen atoms in total. The van der Waals surface area contributed by atoms with Crippen LogP contribution in [0.15, 0.2) is 24.3 Å². The third-order valence-electron chi connectivity index (χ3n) is 5.36. The Balaban J connectivity index is 0.000000423. The van der Waals surface area contributed by atoms with Crippen molar-refractivity contribution < 1.29 is 37.3 Å². The number of carboxylic acid groups (broad SMARTS) is 1. The highest BCUT2D eigenvalue weighted by atomic mass is 19.4. The summed E-state index contributed by atoms with van der Waals surface area (Å²) in [4.78, 5) is 25.5. The molecular weight excluding hydrogens is 417 g/mol. The van der Waals surface area contributed by atoms with Gasteiger partial charge in [-0.2, -0.15) is 13.2 Å². The number of halogens is 3. The Labute approximate surface area is 179 Å². The molecule has 2 fully saturated rings. The van der Waals surface area contributed by atoms with Crippen molar-refractivity contribution in [1.29, 1.82) is 0 Å². The third-order valence-corrected chi connectivity index (χ3v) is 5.36. The van der Waals surface area contributed by atoms with Crippen LogP contribution in [0.25, 0.3) is 0 Å². The molecule has 0 unspecified atom stereocenters. The maximum absolute atomic E-state index is 11.8. The average molecular weight is 446 g/mol. The van der Waals surface area contributed by atoms with Crippen LogP contribution in [0.5, 0.6) is 5.75 Å². The number of aliphatic carboxylic acids is 1. The maximum atomic E-state index is 11.8. The van der Waals surface area contributed by atoms with Gasteiger partial charge in [0, 0.05) is 44.5 Å². The smallest absolute Gasteiger partial charge is 0.490 e. The molecule has 0 spiro atoms. The monoisotopic (exact) mass is 446 g/mol. The van der Waals surface area contributed by atoms with Gasteiger partial charge in [-0.15, -0.1) is 0 Å². The lowest BCUT2D eigenvalue weighted by molar-refractivity contribution is -0.192. The van der Waals surface area contributed by atoms with Crippen LogP contribution in [0.3, 0.4) is 0 Å². The molecule has 0 saturated carbocycles. The Hall–Kier alpha value is -2.49. The number of rotatable bonds is 5. The number of hydrogen-bond acceptors (Lipinski definition) is 6. The van der Waals surface area contributed by atoms with Gasteiger partial charge in [-0.25, -0.2) is 4.79 Å². The largest absolute Gasteiger partial charge is 0.497 e. The van der Waals surface area contributed by atoms with Crippen molar-refractivity contribution in [3.05, 3.63) is 24.3 Å². The highest BCUT2D eigenvalue weighted by Gasteiger charge is 2.41. The zero-order valence-corrected chi connectivity index (χ0v) is 17.9. The number of nitrogens with zero attached hydrogens (tertiary/aromatic N) is 2. The molecule has 2 saturated heterocycles. The van der Waals surface area contributed by atoms with Crippen LogP contribution in [0.2, 0.25) is 0 Å². The molecule has 1 aromatic carbocycles. The van der Waals surface area contributed by atoms with E-state index in [2.05, 4.69) is 21.9 Å². The molecule has 3 rings (SSSR count). The number of anilines is 1. The van der Waals surface area contributed by atoms with E-state index in [9.17, 15) is 18.0 Å². The number of carbonyl (C=O) groups is 2. The van der Waals surface area contributed by atoms with Gasteiger partial charge in [0.1, 0.15) is 11.9 Å². The Morgan fingerprint density at radius 1 is 1.26 bits per heavy atom. The van der Waals surface area contributed by atoms with Gasteiger partial charge in [-0.1, -0.05) is 6.07 Å². The lowest BCUT2D eigenvalue weighted by Gasteiger charge is -2.36. The van der Waals surface area contributed by atoms with Gasteiger partial charge in [0.15, 0.2) is 0 Å². The van der Waals surface area contributed by atoms with Crippen LogP contribution >= 0.6 is 0 Å². The van der Waals surface area contributed by atoms with Crippen molar-refractivity contribution in [3.8, 4) is 5.75 Å². The Morgan fingerprint density at radius 3 is 2.35 bits per heavy atom. The lowest BCUT2D eigenvalue weighted by atomic mass is 9.89. The molecule has 1 N–H and O–H groups in total. The van der Waals surface area contributed by atoms with Crippen molar-refractivity contribution in [2.24, 2.45) is 5.41 Å². The minimum absolute atomic E-state index is 0.0460. The molecular formula is C21H29F3N2O5. The first-order valence-electron chi connectivity index (χ1n) is 10.0. The van der Waals surface area contributed by atoms with Gasteiger partial charge in [-0.3, -0.25) is 9.69 Å². The van der Waals surface area contributed by atoms with Gasteiger partial charge >= 0.3 is 18.1 Å². The summed E-state index contributed by atoms with van der Waals surface area (Å²) in [5.74, 6) is -1.90. The van der Waals surface area contributed by atoms with Crippen LogP contribution in [-0.2, 0) is 14.3 Å². The molecule has 2 aliphatic heterocycles. The number of esters is 1. The van der Waals surface area contributed by atoms with E-state index in [1.165, 1.54) is 5.69 Å². The van der Waals surface area contributed by atoms with Gasteiger partial charge in [-0.05, 0) is 38.8 Å². The number of hydrogen-bond donors (Lipinski definition) is 1. The van der Waals surface area contributed by atoms with Gasteiger partial charge < -0.3 is 19.5 Å². The average Bonchev–Trinajstić information content (AvgIpc) is 2.98. The summed E-state index contributed by atoms with van der Waals surface area (Å²) in [6.45, 7) is 9.07. The normalized spacial score (nSPS) is 21.2. The zero-order chi connectivity index (χ0) is 23.2. The fourth-order valence-electron chi connectivity index (χ4n) is 3.53. The highest BCUT2D eigenvalue weighted by Crippen LogP contribution is 2.34. The molecule has 2 heterocycles. The van der Waals surface area contributed by atoms with Gasteiger partial charge in [0.05, 0.1) is 12.5 Å². The summed E-state index contributed by atoms with van der Waals surface area (Å²) in [6, 6.07) is 8.24. The number of carbonyl (C=O) groups excluding carboxylic acids is 1. The standard InChI is InChI=1S/C19H28N2O3.C2HF3O2/c1-19(2)14-17(24-18(19)22)7-8-20-9-11-21(12-10-20)15-5-4-6-16(13-15)23-3;3-2(4,5)1(6)7/h4-6,13,17H,7-12,14H2,1-3H3;(H,6,7)/t17-;/m1./s1. The van der Waals surface area contributed by atoms with Crippen molar-refractivity contribution in [2.45, 2.75) is 39.0 Å². The summed E-state index contributed by atoms with van der Waals surface area (Å²) < 4.78 is 42.5.